The number of carbonyl (C=O) groups is 2. The first kappa shape index (κ1) is 23.1. The van der Waals surface area contributed by atoms with Crippen LogP contribution in [-0.2, 0) is 23.1 Å². The van der Waals surface area contributed by atoms with Crippen LogP contribution in [-0.4, -0.2) is 61.0 Å². The van der Waals surface area contributed by atoms with Gasteiger partial charge in [-0.05, 0) is 34.9 Å². The summed E-state index contributed by atoms with van der Waals surface area (Å²) in [4.78, 5) is 32.0. The van der Waals surface area contributed by atoms with Crippen molar-refractivity contribution in [1.29, 1.82) is 0 Å². The van der Waals surface area contributed by atoms with Gasteiger partial charge in [-0.3, -0.25) is 14.3 Å². The fourth-order valence-electron chi connectivity index (χ4n) is 3.81. The third kappa shape index (κ3) is 5.46. The van der Waals surface area contributed by atoms with E-state index in [4.69, 9.17) is 23.5 Å². The Morgan fingerprint density at radius 1 is 1.18 bits per heavy atom. The van der Waals surface area contributed by atoms with E-state index in [1.165, 1.54) is 12.3 Å². The molecule has 0 bridgehead atoms. The maximum Gasteiger partial charge on any atom is 0.269 e. The molecule has 1 saturated carbocycles. The van der Waals surface area contributed by atoms with Crippen molar-refractivity contribution in [3.63, 3.8) is 0 Å². The quantitative estimate of drug-likeness (QED) is 0.446. The Bertz CT molecular complexity index is 1180. The summed E-state index contributed by atoms with van der Waals surface area (Å²) in [6, 6.07) is 6.86. The highest BCUT2D eigenvalue weighted by Gasteiger charge is 2.45. The fourth-order valence-corrected chi connectivity index (χ4v) is 3.81. The Labute approximate surface area is 192 Å². The molecule has 2 amide bonds. The minimum absolute atomic E-state index is 0.0993. The first-order valence-electron chi connectivity index (χ1n) is 10.3. The predicted octanol–water partition coefficient (Wildman–Crippen LogP) is 0.814. The van der Waals surface area contributed by atoms with Gasteiger partial charge in [0.1, 0.15) is 11.5 Å². The molecule has 13 heteroatoms. The molecule has 0 aliphatic heterocycles. The summed E-state index contributed by atoms with van der Waals surface area (Å²) in [5.41, 5.74) is 2.32. The lowest BCUT2D eigenvalue weighted by Gasteiger charge is -2.34. The van der Waals surface area contributed by atoms with E-state index in [-0.39, 0.29) is 49.9 Å². The first-order chi connectivity index (χ1) is 15.5. The summed E-state index contributed by atoms with van der Waals surface area (Å²) in [5, 5.41) is 7.50. The van der Waals surface area contributed by atoms with Crippen LogP contribution in [0.5, 0.6) is 0 Å². The fraction of sp³-hybridized carbons (Fsp3) is 0.400. The highest BCUT2D eigenvalue weighted by Crippen LogP contribution is 2.43. The summed E-state index contributed by atoms with van der Waals surface area (Å²) in [7, 11) is 16.8. The second-order valence-corrected chi connectivity index (χ2v) is 8.34. The Morgan fingerprint density at radius 3 is 2.64 bits per heavy atom. The van der Waals surface area contributed by atoms with Gasteiger partial charge in [-0.25, -0.2) is 13.8 Å². The molecule has 1 aliphatic rings. The van der Waals surface area contributed by atoms with Gasteiger partial charge in [0.15, 0.2) is 0 Å². The standard InChI is InChI=1S/C20H19B3F2N6O2/c21-20(22,23)31-15(3-4-28-31)18(33)27-10-16-29-13-2-1-11(5-14(13)30-16)9-26-17(32)6-12-7-19(24,25)8-12/h1-5,12H,6-10H2,(H,26,32)(H,27,33)(H,29,30). The van der Waals surface area contributed by atoms with Crippen molar-refractivity contribution in [2.24, 2.45) is 5.92 Å². The second-order valence-electron chi connectivity index (χ2n) is 8.34. The normalized spacial score (nSPS) is 15.8. The SMILES string of the molecule is [B]C([B])([B])n1nccc1C(=O)NCc1nc2ccc(CNC(=O)CC3CC(F)(F)C3)cc2[nH]1. The Balaban J connectivity index is 1.32. The minimum atomic E-state index is -2.63. The summed E-state index contributed by atoms with van der Waals surface area (Å²) >= 11 is 0. The molecule has 33 heavy (non-hydrogen) atoms. The van der Waals surface area contributed by atoms with E-state index in [0.717, 1.165) is 15.8 Å². The second kappa shape index (κ2) is 8.68. The summed E-state index contributed by atoms with van der Waals surface area (Å²) < 4.78 is 26.8. The number of alkyl halides is 2. The summed E-state index contributed by atoms with van der Waals surface area (Å²) in [5.74, 6) is -3.11. The van der Waals surface area contributed by atoms with Crippen LogP contribution in [0.3, 0.4) is 0 Å². The highest BCUT2D eigenvalue weighted by atomic mass is 19.3. The third-order valence-corrected chi connectivity index (χ3v) is 5.39. The lowest BCUT2D eigenvalue weighted by atomic mass is 9.49. The molecule has 164 valence electrons. The Kier molecular flexibility index (Phi) is 6.07. The zero-order valence-electron chi connectivity index (χ0n) is 17.6. The van der Waals surface area contributed by atoms with Crippen LogP contribution in [0.4, 0.5) is 8.78 Å². The number of hydrogen-bond donors (Lipinski definition) is 3. The highest BCUT2D eigenvalue weighted by molar-refractivity contribution is 6.56. The lowest BCUT2D eigenvalue weighted by molar-refractivity contribution is -0.133. The van der Waals surface area contributed by atoms with Crippen LogP contribution < -0.4 is 10.6 Å². The molecule has 4 rings (SSSR count). The van der Waals surface area contributed by atoms with Gasteiger partial charge in [0.2, 0.25) is 11.8 Å². The molecule has 3 aromatic rings. The molecular formula is C20H19B3F2N6O2. The number of rotatable bonds is 8. The van der Waals surface area contributed by atoms with E-state index < -0.39 is 17.1 Å². The van der Waals surface area contributed by atoms with Crippen molar-refractivity contribution in [2.45, 2.75) is 43.5 Å². The monoisotopic (exact) mass is 446 g/mol. The molecule has 8 nitrogen and oxygen atoms in total. The number of amides is 2. The minimum Gasteiger partial charge on any atom is -0.352 e. The van der Waals surface area contributed by atoms with Crippen molar-refractivity contribution < 1.29 is 18.4 Å². The number of aromatic amines is 1. The number of imidazole rings is 1. The molecule has 0 unspecified atom stereocenters. The molecule has 1 aromatic carbocycles. The van der Waals surface area contributed by atoms with Crippen molar-refractivity contribution in [2.75, 3.05) is 0 Å². The van der Waals surface area contributed by atoms with E-state index >= 15 is 0 Å². The van der Waals surface area contributed by atoms with Crippen LogP contribution in [0.25, 0.3) is 11.0 Å². The third-order valence-electron chi connectivity index (χ3n) is 5.39. The molecule has 1 fully saturated rings. The molecule has 2 aromatic heterocycles. The summed E-state index contributed by atoms with van der Waals surface area (Å²) in [6.45, 7) is 0.371. The number of nitrogens with one attached hydrogen (secondary N) is 3. The van der Waals surface area contributed by atoms with Crippen LogP contribution in [0.2, 0.25) is 0 Å². The number of carbonyl (C=O) groups excluding carboxylic acids is 2. The Morgan fingerprint density at radius 2 is 1.94 bits per heavy atom. The average molecular weight is 446 g/mol. The molecule has 0 atom stereocenters. The van der Waals surface area contributed by atoms with Gasteiger partial charge in [-0.15, -0.1) is 0 Å². The molecular weight excluding hydrogens is 427 g/mol. The van der Waals surface area contributed by atoms with E-state index in [9.17, 15) is 18.4 Å². The zero-order chi connectivity index (χ0) is 23.8. The van der Waals surface area contributed by atoms with Crippen LogP contribution in [0.15, 0.2) is 30.5 Å². The molecule has 6 radical (unpaired) electrons. The number of benzene rings is 1. The molecule has 3 N–H and O–H groups in total. The number of aromatic nitrogens is 4. The predicted molar refractivity (Wildman–Crippen MR) is 119 cm³/mol. The number of halogens is 2. The van der Waals surface area contributed by atoms with Gasteiger partial charge < -0.3 is 15.6 Å². The smallest absolute Gasteiger partial charge is 0.269 e. The topological polar surface area (TPSA) is 105 Å². The maximum absolute atomic E-state index is 12.9. The number of nitrogens with zero attached hydrogens (tertiary/aromatic N) is 3. The van der Waals surface area contributed by atoms with Gasteiger partial charge in [0.05, 0.1) is 41.1 Å². The van der Waals surface area contributed by atoms with Crippen molar-refractivity contribution in [3.05, 3.63) is 47.5 Å². The average Bonchev–Trinajstić information content (AvgIpc) is 3.35. The number of hydrogen-bond acceptors (Lipinski definition) is 4. The van der Waals surface area contributed by atoms with Crippen molar-refractivity contribution in [1.82, 2.24) is 30.4 Å². The van der Waals surface area contributed by atoms with Crippen molar-refractivity contribution >= 4 is 46.4 Å². The largest absolute Gasteiger partial charge is 0.352 e. The van der Waals surface area contributed by atoms with Crippen LogP contribution in [0.1, 0.15) is 41.1 Å². The Hall–Kier alpha value is -3.11. The van der Waals surface area contributed by atoms with Crippen LogP contribution >= 0.6 is 0 Å². The van der Waals surface area contributed by atoms with Gasteiger partial charge in [0.25, 0.3) is 5.91 Å². The molecule has 2 heterocycles. The lowest BCUT2D eigenvalue weighted by Crippen LogP contribution is -2.40. The maximum atomic E-state index is 12.9. The van der Waals surface area contributed by atoms with E-state index in [1.54, 1.807) is 6.07 Å². The zero-order valence-corrected chi connectivity index (χ0v) is 17.6. The number of fused-ring (bicyclic) bond motifs is 1. The number of H-pyrrole nitrogens is 1. The summed E-state index contributed by atoms with van der Waals surface area (Å²) in [6.07, 6.45) is 1.00. The van der Waals surface area contributed by atoms with Crippen molar-refractivity contribution in [3.8, 4) is 0 Å². The molecule has 0 saturated heterocycles. The van der Waals surface area contributed by atoms with Gasteiger partial charge in [0, 0.05) is 32.0 Å². The molecule has 1 aliphatic carbocycles. The van der Waals surface area contributed by atoms with Gasteiger partial charge in [-0.2, -0.15) is 5.10 Å². The molecule has 0 spiro atoms. The van der Waals surface area contributed by atoms with E-state index in [2.05, 4.69) is 25.7 Å². The van der Waals surface area contributed by atoms with Gasteiger partial charge in [-0.1, -0.05) is 6.07 Å². The first-order valence-corrected chi connectivity index (χ1v) is 10.3. The van der Waals surface area contributed by atoms with E-state index in [1.807, 2.05) is 12.1 Å². The van der Waals surface area contributed by atoms with Gasteiger partial charge >= 0.3 is 0 Å². The van der Waals surface area contributed by atoms with Crippen LogP contribution in [0, 0.1) is 5.92 Å². The van der Waals surface area contributed by atoms with E-state index in [0.29, 0.717) is 11.3 Å².